The number of rotatable bonds is 3. The molecule has 8 nitrogen and oxygen atoms in total. The average molecular weight is 373 g/mol. The molecule has 4 aliphatic rings. The Bertz CT molecular complexity index is 750. The topological polar surface area (TPSA) is 70.9 Å². The zero-order valence-electron chi connectivity index (χ0n) is 15.8. The van der Waals surface area contributed by atoms with Crippen LogP contribution in [0.25, 0.3) is 0 Å². The Balaban J connectivity index is 1.27. The van der Waals surface area contributed by atoms with E-state index in [9.17, 15) is 9.59 Å². The van der Waals surface area contributed by atoms with Crippen molar-refractivity contribution >= 4 is 12.0 Å². The number of fused-ring (bicyclic) bond motifs is 2. The van der Waals surface area contributed by atoms with Crippen LogP contribution >= 0.6 is 0 Å². The highest BCUT2D eigenvalue weighted by molar-refractivity contribution is 5.81. The number of aryl methyl sites for hydroxylation is 1. The maximum absolute atomic E-state index is 12.5. The van der Waals surface area contributed by atoms with Gasteiger partial charge in [0.1, 0.15) is 5.60 Å². The number of ether oxygens (including phenoxy) is 1. The molecular formula is C19H27N5O3. The van der Waals surface area contributed by atoms with Crippen molar-refractivity contribution in [1.82, 2.24) is 24.5 Å². The Morgan fingerprint density at radius 1 is 1.26 bits per heavy atom. The van der Waals surface area contributed by atoms with Crippen LogP contribution in [0.2, 0.25) is 0 Å². The van der Waals surface area contributed by atoms with E-state index in [1.807, 2.05) is 33.8 Å². The molecule has 5 rings (SSSR count). The highest BCUT2D eigenvalue weighted by Gasteiger charge is 2.57. The largest absolute Gasteiger partial charge is 0.440 e. The van der Waals surface area contributed by atoms with E-state index in [2.05, 4.69) is 10.00 Å². The molecule has 146 valence electrons. The summed E-state index contributed by atoms with van der Waals surface area (Å²) in [5.41, 5.74) is 0.607. The van der Waals surface area contributed by atoms with Gasteiger partial charge in [-0.05, 0) is 18.9 Å². The minimum atomic E-state index is -0.444. The van der Waals surface area contributed by atoms with Crippen LogP contribution in [-0.4, -0.2) is 80.8 Å². The van der Waals surface area contributed by atoms with Crippen molar-refractivity contribution in [3.05, 3.63) is 18.0 Å². The van der Waals surface area contributed by atoms with Crippen LogP contribution in [0.1, 0.15) is 31.4 Å². The zero-order valence-corrected chi connectivity index (χ0v) is 15.8. The summed E-state index contributed by atoms with van der Waals surface area (Å²) in [6.45, 7) is 4.54. The van der Waals surface area contributed by atoms with Gasteiger partial charge in [-0.3, -0.25) is 19.3 Å². The Labute approximate surface area is 159 Å². The van der Waals surface area contributed by atoms with Crippen LogP contribution in [0.4, 0.5) is 4.79 Å². The third kappa shape index (κ3) is 2.99. The first-order valence-corrected chi connectivity index (χ1v) is 10.0. The molecule has 0 bridgehead atoms. The second-order valence-corrected chi connectivity index (χ2v) is 8.46. The Morgan fingerprint density at radius 3 is 2.70 bits per heavy atom. The number of hydrogen-bond donors (Lipinski definition) is 0. The number of carbonyl (C=O) groups excluding carboxylic acids is 2. The summed E-state index contributed by atoms with van der Waals surface area (Å²) in [4.78, 5) is 31.1. The first-order valence-electron chi connectivity index (χ1n) is 10.0. The third-order valence-electron chi connectivity index (χ3n) is 6.60. The molecule has 0 N–H and O–H groups in total. The number of nitrogens with zero attached hydrogens (tertiary/aromatic N) is 5. The van der Waals surface area contributed by atoms with Gasteiger partial charge in [-0.2, -0.15) is 5.10 Å². The predicted molar refractivity (Wildman–Crippen MR) is 96.7 cm³/mol. The van der Waals surface area contributed by atoms with Crippen molar-refractivity contribution in [3.8, 4) is 0 Å². The van der Waals surface area contributed by atoms with Crippen LogP contribution in [0.5, 0.6) is 0 Å². The average Bonchev–Trinajstić information content (AvgIpc) is 3.39. The van der Waals surface area contributed by atoms with E-state index in [0.29, 0.717) is 25.5 Å². The molecule has 4 fully saturated rings. The van der Waals surface area contributed by atoms with Gasteiger partial charge < -0.3 is 9.64 Å². The number of amides is 2. The van der Waals surface area contributed by atoms with E-state index < -0.39 is 5.60 Å². The molecule has 0 radical (unpaired) electrons. The standard InChI is InChI=1S/C19H27N5O3/c1-21-7-4-15(20-21)12-22-10-11-24-16(13-22)19(27-18(24)26)5-8-23(9-6-19)17(25)14-2-3-14/h4,7,14,16H,2-3,5-6,8-13H2,1H3. The highest BCUT2D eigenvalue weighted by Crippen LogP contribution is 2.41. The molecule has 1 saturated carbocycles. The van der Waals surface area contributed by atoms with Gasteiger partial charge in [-0.15, -0.1) is 0 Å². The van der Waals surface area contributed by atoms with Gasteiger partial charge in [0.2, 0.25) is 5.91 Å². The first kappa shape index (κ1) is 17.0. The van der Waals surface area contributed by atoms with Gasteiger partial charge in [0.25, 0.3) is 0 Å². The van der Waals surface area contributed by atoms with Gasteiger partial charge >= 0.3 is 6.09 Å². The summed E-state index contributed by atoms with van der Waals surface area (Å²) in [6.07, 6.45) is 5.34. The van der Waals surface area contributed by atoms with E-state index in [1.165, 1.54) is 0 Å². The van der Waals surface area contributed by atoms with Crippen molar-refractivity contribution in [2.45, 2.75) is 43.9 Å². The molecule has 1 unspecified atom stereocenters. The molecule has 1 aromatic heterocycles. The Morgan fingerprint density at radius 2 is 2.04 bits per heavy atom. The molecular weight excluding hydrogens is 346 g/mol. The minimum Gasteiger partial charge on any atom is -0.440 e. The van der Waals surface area contributed by atoms with Crippen molar-refractivity contribution in [3.63, 3.8) is 0 Å². The number of piperazine rings is 1. The monoisotopic (exact) mass is 373 g/mol. The van der Waals surface area contributed by atoms with E-state index in [4.69, 9.17) is 4.74 Å². The third-order valence-corrected chi connectivity index (χ3v) is 6.60. The zero-order chi connectivity index (χ0) is 18.6. The molecule has 1 spiro atoms. The van der Waals surface area contributed by atoms with Crippen LogP contribution in [-0.2, 0) is 23.1 Å². The molecule has 1 aromatic rings. The molecule has 3 saturated heterocycles. The first-order chi connectivity index (χ1) is 13.0. The minimum absolute atomic E-state index is 0.0700. The molecule has 4 heterocycles. The quantitative estimate of drug-likeness (QED) is 0.785. The molecule has 27 heavy (non-hydrogen) atoms. The lowest BCUT2D eigenvalue weighted by Crippen LogP contribution is -2.60. The van der Waals surface area contributed by atoms with Crippen molar-refractivity contribution < 1.29 is 14.3 Å². The van der Waals surface area contributed by atoms with Crippen molar-refractivity contribution in [2.75, 3.05) is 32.7 Å². The summed E-state index contributed by atoms with van der Waals surface area (Å²) in [7, 11) is 1.93. The fraction of sp³-hybridized carbons (Fsp3) is 0.737. The summed E-state index contributed by atoms with van der Waals surface area (Å²) in [6, 6.07) is 2.11. The smallest absolute Gasteiger partial charge is 0.410 e. The maximum Gasteiger partial charge on any atom is 0.410 e. The van der Waals surface area contributed by atoms with Gasteiger partial charge in [-0.25, -0.2) is 4.79 Å². The van der Waals surface area contributed by atoms with Gasteiger partial charge in [0.15, 0.2) is 0 Å². The molecule has 3 aliphatic heterocycles. The summed E-state index contributed by atoms with van der Waals surface area (Å²) >= 11 is 0. The SMILES string of the molecule is Cn1ccc(CN2CCN3C(=O)OC4(CCN(C(=O)C5CC5)CC4)C3C2)n1. The lowest BCUT2D eigenvalue weighted by atomic mass is 9.83. The van der Waals surface area contributed by atoms with Crippen LogP contribution in [0.3, 0.4) is 0 Å². The lowest BCUT2D eigenvalue weighted by molar-refractivity contribution is -0.137. The van der Waals surface area contributed by atoms with E-state index in [-0.39, 0.29) is 18.1 Å². The molecule has 1 aliphatic carbocycles. The lowest BCUT2D eigenvalue weighted by Gasteiger charge is -2.45. The molecule has 0 aromatic carbocycles. The number of carbonyl (C=O) groups is 2. The highest BCUT2D eigenvalue weighted by atomic mass is 16.6. The molecule has 2 amide bonds. The second kappa shape index (κ2) is 6.22. The fourth-order valence-corrected chi connectivity index (χ4v) is 4.86. The van der Waals surface area contributed by atoms with Gasteiger partial charge in [0, 0.05) is 71.3 Å². The number of aromatic nitrogens is 2. The van der Waals surface area contributed by atoms with Crippen molar-refractivity contribution in [1.29, 1.82) is 0 Å². The number of hydrogen-bond acceptors (Lipinski definition) is 5. The maximum atomic E-state index is 12.5. The fourth-order valence-electron chi connectivity index (χ4n) is 4.86. The second-order valence-electron chi connectivity index (χ2n) is 8.46. The molecule has 8 heteroatoms. The van der Waals surface area contributed by atoms with Gasteiger partial charge in [0.05, 0.1) is 11.7 Å². The molecule has 1 atom stereocenters. The predicted octanol–water partition coefficient (Wildman–Crippen LogP) is 0.828. The van der Waals surface area contributed by atoms with Crippen LogP contribution in [0, 0.1) is 5.92 Å². The normalized spacial score (nSPS) is 27.7. The van der Waals surface area contributed by atoms with E-state index in [1.54, 1.807) is 0 Å². The van der Waals surface area contributed by atoms with E-state index >= 15 is 0 Å². The summed E-state index contributed by atoms with van der Waals surface area (Å²) in [5, 5.41) is 4.48. The Kier molecular flexibility index (Phi) is 3.93. The van der Waals surface area contributed by atoms with E-state index in [0.717, 1.165) is 51.0 Å². The van der Waals surface area contributed by atoms with Crippen molar-refractivity contribution in [2.24, 2.45) is 13.0 Å². The van der Waals surface area contributed by atoms with Crippen LogP contribution < -0.4 is 0 Å². The Hall–Kier alpha value is -2.09. The summed E-state index contributed by atoms with van der Waals surface area (Å²) < 4.78 is 7.77. The van der Waals surface area contributed by atoms with Crippen LogP contribution in [0.15, 0.2) is 12.3 Å². The summed E-state index contributed by atoms with van der Waals surface area (Å²) in [5.74, 6) is 0.552. The van der Waals surface area contributed by atoms with Gasteiger partial charge in [-0.1, -0.05) is 0 Å². The number of likely N-dealkylation sites (tertiary alicyclic amines) is 1. The number of piperidine rings is 1.